The molecule has 108 valence electrons. The van der Waals surface area contributed by atoms with E-state index in [9.17, 15) is 9.59 Å². The summed E-state index contributed by atoms with van der Waals surface area (Å²) in [5.41, 5.74) is 1.46. The van der Waals surface area contributed by atoms with Gasteiger partial charge in [-0.15, -0.1) is 0 Å². The van der Waals surface area contributed by atoms with Crippen LogP contribution in [0.15, 0.2) is 42.5 Å². The summed E-state index contributed by atoms with van der Waals surface area (Å²) in [4.78, 5) is 29.6. The number of pyridine rings is 1. The van der Waals surface area contributed by atoms with Crippen molar-refractivity contribution in [3.05, 3.63) is 53.7 Å². The third-order valence-electron chi connectivity index (χ3n) is 2.95. The van der Waals surface area contributed by atoms with Crippen molar-refractivity contribution in [2.75, 3.05) is 24.3 Å². The number of carbonyl (C=O) groups excluding carboxylic acids is 2. The van der Waals surface area contributed by atoms with Crippen molar-refractivity contribution < 1.29 is 9.59 Å². The molecule has 0 fully saturated rings. The number of rotatable bonds is 4. The van der Waals surface area contributed by atoms with Crippen molar-refractivity contribution in [1.82, 2.24) is 4.98 Å². The van der Waals surface area contributed by atoms with Crippen molar-refractivity contribution in [3.63, 3.8) is 0 Å². The molecule has 0 saturated heterocycles. The lowest BCUT2D eigenvalue weighted by molar-refractivity contribution is 0.100. The van der Waals surface area contributed by atoms with Gasteiger partial charge in [-0.3, -0.25) is 9.59 Å². The number of benzene rings is 1. The minimum Gasteiger partial charge on any atom is -0.363 e. The van der Waals surface area contributed by atoms with Crippen LogP contribution in [-0.4, -0.2) is 30.8 Å². The van der Waals surface area contributed by atoms with Gasteiger partial charge in [0, 0.05) is 25.3 Å². The predicted molar refractivity (Wildman–Crippen MR) is 83.0 cm³/mol. The largest absolute Gasteiger partial charge is 0.363 e. The summed E-state index contributed by atoms with van der Waals surface area (Å²) in [6.07, 6.45) is 0. The highest BCUT2D eigenvalue weighted by Gasteiger charge is 2.10. The van der Waals surface area contributed by atoms with Crippen molar-refractivity contribution in [3.8, 4) is 0 Å². The molecular weight excluding hydrogens is 266 g/mol. The standard InChI is InChI=1S/C16H17N3O2/c1-11(20)12-6-4-7-13(10-12)17-16(21)14-8-5-9-15(18-14)19(2)3/h4-10H,1-3H3,(H,17,21). The van der Waals surface area contributed by atoms with Gasteiger partial charge in [0.05, 0.1) is 0 Å². The summed E-state index contributed by atoms with van der Waals surface area (Å²) in [6, 6.07) is 12.1. The fraction of sp³-hybridized carbons (Fsp3) is 0.188. The van der Waals surface area contributed by atoms with Crippen molar-refractivity contribution in [2.24, 2.45) is 0 Å². The summed E-state index contributed by atoms with van der Waals surface area (Å²) in [5.74, 6) is 0.360. The van der Waals surface area contributed by atoms with Gasteiger partial charge in [-0.25, -0.2) is 4.98 Å². The van der Waals surface area contributed by atoms with Crippen LogP contribution in [0.5, 0.6) is 0 Å². The zero-order valence-corrected chi connectivity index (χ0v) is 12.3. The van der Waals surface area contributed by atoms with Crippen LogP contribution in [0, 0.1) is 0 Å². The molecular formula is C16H17N3O2. The number of anilines is 2. The molecule has 1 aromatic carbocycles. The van der Waals surface area contributed by atoms with E-state index in [1.165, 1.54) is 6.92 Å². The highest BCUT2D eigenvalue weighted by atomic mass is 16.2. The molecule has 0 unspecified atom stereocenters. The average molecular weight is 283 g/mol. The van der Waals surface area contributed by atoms with E-state index in [0.717, 1.165) is 0 Å². The Labute approximate surface area is 123 Å². The fourth-order valence-corrected chi connectivity index (χ4v) is 1.81. The Morgan fingerprint density at radius 2 is 1.81 bits per heavy atom. The number of hydrogen-bond donors (Lipinski definition) is 1. The zero-order chi connectivity index (χ0) is 15.4. The van der Waals surface area contributed by atoms with E-state index in [2.05, 4.69) is 10.3 Å². The Morgan fingerprint density at radius 3 is 2.48 bits per heavy atom. The maximum absolute atomic E-state index is 12.2. The Kier molecular flexibility index (Phi) is 4.33. The lowest BCUT2D eigenvalue weighted by Crippen LogP contribution is -2.17. The lowest BCUT2D eigenvalue weighted by atomic mass is 10.1. The van der Waals surface area contributed by atoms with Crippen molar-refractivity contribution in [2.45, 2.75) is 6.92 Å². The van der Waals surface area contributed by atoms with Gasteiger partial charge < -0.3 is 10.2 Å². The van der Waals surface area contributed by atoms with Crippen LogP contribution in [0.3, 0.4) is 0 Å². The first-order valence-corrected chi connectivity index (χ1v) is 6.54. The molecule has 21 heavy (non-hydrogen) atoms. The molecule has 1 amide bonds. The average Bonchev–Trinajstić information content (AvgIpc) is 2.47. The highest BCUT2D eigenvalue weighted by Crippen LogP contribution is 2.13. The maximum Gasteiger partial charge on any atom is 0.274 e. The van der Waals surface area contributed by atoms with Crippen LogP contribution in [-0.2, 0) is 0 Å². The molecule has 5 nitrogen and oxygen atoms in total. The number of Topliss-reactive ketones (excluding diaryl/α,β-unsaturated/α-hetero) is 1. The van der Waals surface area contributed by atoms with E-state index >= 15 is 0 Å². The molecule has 2 rings (SSSR count). The first kappa shape index (κ1) is 14.7. The molecule has 0 radical (unpaired) electrons. The SMILES string of the molecule is CC(=O)c1cccc(NC(=O)c2cccc(N(C)C)n2)c1. The van der Waals surface area contributed by atoms with Crippen LogP contribution in [0.1, 0.15) is 27.8 Å². The second-order valence-electron chi connectivity index (χ2n) is 4.87. The fourth-order valence-electron chi connectivity index (χ4n) is 1.81. The molecule has 0 spiro atoms. The summed E-state index contributed by atoms with van der Waals surface area (Å²) in [5, 5.41) is 2.75. The monoisotopic (exact) mass is 283 g/mol. The van der Waals surface area contributed by atoms with E-state index < -0.39 is 0 Å². The van der Waals surface area contributed by atoms with E-state index in [-0.39, 0.29) is 11.7 Å². The molecule has 1 heterocycles. The first-order chi connectivity index (χ1) is 9.97. The number of hydrogen-bond acceptors (Lipinski definition) is 4. The number of aromatic nitrogens is 1. The predicted octanol–water partition coefficient (Wildman–Crippen LogP) is 2.60. The number of nitrogens with zero attached hydrogens (tertiary/aromatic N) is 2. The van der Waals surface area contributed by atoms with Gasteiger partial charge in [0.1, 0.15) is 11.5 Å². The summed E-state index contributed by atoms with van der Waals surface area (Å²) in [6.45, 7) is 1.49. The molecule has 0 aliphatic rings. The summed E-state index contributed by atoms with van der Waals surface area (Å²) in [7, 11) is 3.72. The van der Waals surface area contributed by atoms with Crippen molar-refractivity contribution in [1.29, 1.82) is 0 Å². The van der Waals surface area contributed by atoms with Gasteiger partial charge in [0.15, 0.2) is 5.78 Å². The third kappa shape index (κ3) is 3.66. The van der Waals surface area contributed by atoms with Gasteiger partial charge >= 0.3 is 0 Å². The number of nitrogens with one attached hydrogen (secondary N) is 1. The lowest BCUT2D eigenvalue weighted by Gasteiger charge is -2.12. The Bertz CT molecular complexity index is 681. The minimum atomic E-state index is -0.306. The molecule has 5 heteroatoms. The smallest absolute Gasteiger partial charge is 0.274 e. The summed E-state index contributed by atoms with van der Waals surface area (Å²) >= 11 is 0. The molecule has 1 N–H and O–H groups in total. The molecule has 0 atom stereocenters. The van der Waals surface area contributed by atoms with E-state index in [1.807, 2.05) is 25.1 Å². The highest BCUT2D eigenvalue weighted by molar-refractivity contribution is 6.04. The third-order valence-corrected chi connectivity index (χ3v) is 2.95. The normalized spacial score (nSPS) is 10.0. The van der Waals surface area contributed by atoms with Crippen LogP contribution in [0.2, 0.25) is 0 Å². The molecule has 0 aliphatic carbocycles. The van der Waals surface area contributed by atoms with Crippen molar-refractivity contribution >= 4 is 23.2 Å². The Hall–Kier alpha value is -2.69. The molecule has 0 aliphatic heterocycles. The second-order valence-corrected chi connectivity index (χ2v) is 4.87. The number of carbonyl (C=O) groups is 2. The van der Waals surface area contributed by atoms with Crippen LogP contribution >= 0.6 is 0 Å². The Morgan fingerprint density at radius 1 is 1.10 bits per heavy atom. The van der Waals surface area contributed by atoms with Gasteiger partial charge in [-0.2, -0.15) is 0 Å². The number of amides is 1. The first-order valence-electron chi connectivity index (χ1n) is 6.54. The van der Waals surface area contributed by atoms with Gasteiger partial charge in [0.2, 0.25) is 0 Å². The van der Waals surface area contributed by atoms with Crippen LogP contribution < -0.4 is 10.2 Å². The van der Waals surface area contributed by atoms with Gasteiger partial charge in [-0.05, 0) is 31.2 Å². The number of ketones is 1. The minimum absolute atomic E-state index is 0.0428. The quantitative estimate of drug-likeness (QED) is 0.876. The molecule has 0 saturated carbocycles. The second kappa shape index (κ2) is 6.17. The molecule has 2 aromatic rings. The van der Waals surface area contributed by atoms with E-state index in [0.29, 0.717) is 22.8 Å². The van der Waals surface area contributed by atoms with E-state index in [4.69, 9.17) is 0 Å². The topological polar surface area (TPSA) is 62.3 Å². The maximum atomic E-state index is 12.2. The zero-order valence-electron chi connectivity index (χ0n) is 12.3. The molecule has 1 aromatic heterocycles. The Balaban J connectivity index is 2.20. The summed E-state index contributed by atoms with van der Waals surface area (Å²) < 4.78 is 0. The van der Waals surface area contributed by atoms with Gasteiger partial charge in [-0.1, -0.05) is 18.2 Å². The van der Waals surface area contributed by atoms with Gasteiger partial charge in [0.25, 0.3) is 5.91 Å². The molecule has 0 bridgehead atoms. The van der Waals surface area contributed by atoms with Crippen LogP contribution in [0.25, 0.3) is 0 Å². The van der Waals surface area contributed by atoms with E-state index in [1.54, 1.807) is 36.4 Å². The van der Waals surface area contributed by atoms with Crippen LogP contribution in [0.4, 0.5) is 11.5 Å².